The molecule has 6 nitrogen and oxygen atoms in total. The summed E-state index contributed by atoms with van der Waals surface area (Å²) < 4.78 is 5.47. The van der Waals surface area contributed by atoms with Gasteiger partial charge in [0.25, 0.3) is 0 Å². The zero-order valence-corrected chi connectivity index (χ0v) is 53.4. The first-order valence-corrected chi connectivity index (χ1v) is 35.8. The Hall–Kier alpha value is -1.92. The molecular weight excluding hydrogens is 971 g/mol. The molecule has 0 rings (SSSR count). The number of amides is 1. The van der Waals surface area contributed by atoms with E-state index in [0.29, 0.717) is 19.4 Å². The fraction of sp³-hybridized carbons (Fsp3) is 0.890. The minimum absolute atomic E-state index is 0.0118. The van der Waals surface area contributed by atoms with E-state index in [0.717, 1.165) is 44.9 Å². The maximum absolute atomic E-state index is 12.5. The van der Waals surface area contributed by atoms with Gasteiger partial charge in [0.05, 0.1) is 25.4 Å². The van der Waals surface area contributed by atoms with Crippen LogP contribution in [0.25, 0.3) is 0 Å². The Balaban J connectivity index is 3.44. The zero-order valence-electron chi connectivity index (χ0n) is 53.4. The molecule has 79 heavy (non-hydrogen) atoms. The number of carbonyl (C=O) groups excluding carboxylic acids is 2. The lowest BCUT2D eigenvalue weighted by molar-refractivity contribution is -0.143. The number of aliphatic hydroxyl groups is 2. The Labute approximate surface area is 494 Å². The van der Waals surface area contributed by atoms with Gasteiger partial charge in [-0.15, -0.1) is 0 Å². The first-order valence-electron chi connectivity index (χ1n) is 35.8. The van der Waals surface area contributed by atoms with Crippen molar-refractivity contribution in [1.29, 1.82) is 0 Å². The van der Waals surface area contributed by atoms with Gasteiger partial charge in [-0.3, -0.25) is 9.59 Å². The molecule has 0 aliphatic heterocycles. The molecule has 0 aliphatic rings. The molecule has 2 unspecified atom stereocenters. The highest BCUT2D eigenvalue weighted by Gasteiger charge is 2.18. The normalized spacial score (nSPS) is 12.7. The molecule has 0 aliphatic carbocycles. The molecule has 0 aromatic carbocycles. The molecule has 0 aromatic rings. The Morgan fingerprint density at radius 1 is 0.354 bits per heavy atom. The molecule has 3 N–H and O–H groups in total. The number of rotatable bonds is 67. The van der Waals surface area contributed by atoms with E-state index in [2.05, 4.69) is 43.5 Å². The van der Waals surface area contributed by atoms with Crippen molar-refractivity contribution in [3.63, 3.8) is 0 Å². The molecule has 0 radical (unpaired) electrons. The number of hydrogen-bond acceptors (Lipinski definition) is 5. The maximum atomic E-state index is 12.5. The minimum Gasteiger partial charge on any atom is -0.466 e. The van der Waals surface area contributed by atoms with E-state index in [4.69, 9.17) is 4.74 Å². The molecule has 466 valence electrons. The molecule has 1 amide bonds. The second-order valence-corrected chi connectivity index (χ2v) is 24.6. The van der Waals surface area contributed by atoms with Crippen LogP contribution in [0, 0.1) is 0 Å². The summed E-state index contributed by atoms with van der Waals surface area (Å²) in [5, 5.41) is 23.3. The van der Waals surface area contributed by atoms with E-state index < -0.39 is 12.1 Å². The van der Waals surface area contributed by atoms with Crippen LogP contribution in [0.2, 0.25) is 0 Å². The molecule has 6 heteroatoms. The first kappa shape index (κ1) is 77.1. The van der Waals surface area contributed by atoms with Crippen LogP contribution in [0.4, 0.5) is 0 Å². The van der Waals surface area contributed by atoms with Crippen molar-refractivity contribution in [2.75, 3.05) is 13.2 Å². The van der Waals surface area contributed by atoms with Crippen molar-refractivity contribution in [3.05, 3.63) is 36.5 Å². The van der Waals surface area contributed by atoms with Crippen LogP contribution in [-0.2, 0) is 14.3 Å². The summed E-state index contributed by atoms with van der Waals surface area (Å²) >= 11 is 0. The quantitative estimate of drug-likeness (QED) is 0.0320. The van der Waals surface area contributed by atoms with Crippen molar-refractivity contribution < 1.29 is 24.5 Å². The van der Waals surface area contributed by atoms with Gasteiger partial charge in [-0.05, 0) is 64.2 Å². The summed E-state index contributed by atoms with van der Waals surface area (Å²) in [6.07, 6.45) is 88.0. The summed E-state index contributed by atoms with van der Waals surface area (Å²) in [6.45, 7) is 4.93. The van der Waals surface area contributed by atoms with Gasteiger partial charge in [-0.1, -0.05) is 352 Å². The highest BCUT2D eigenvalue weighted by Crippen LogP contribution is 2.18. The van der Waals surface area contributed by atoms with Crippen molar-refractivity contribution in [1.82, 2.24) is 5.32 Å². The second-order valence-electron chi connectivity index (χ2n) is 24.6. The largest absolute Gasteiger partial charge is 0.466 e. The smallest absolute Gasteiger partial charge is 0.305 e. The number of aliphatic hydroxyl groups excluding tert-OH is 2. The molecule has 0 aromatic heterocycles. The van der Waals surface area contributed by atoms with Crippen molar-refractivity contribution in [2.24, 2.45) is 0 Å². The van der Waals surface area contributed by atoms with E-state index in [9.17, 15) is 19.8 Å². The summed E-state index contributed by atoms with van der Waals surface area (Å²) in [4.78, 5) is 24.5. The van der Waals surface area contributed by atoms with Crippen molar-refractivity contribution in [3.8, 4) is 0 Å². The van der Waals surface area contributed by atoms with E-state index >= 15 is 0 Å². The third kappa shape index (κ3) is 65.1. The molecule has 0 saturated carbocycles. The van der Waals surface area contributed by atoms with Gasteiger partial charge in [-0.25, -0.2) is 0 Å². The van der Waals surface area contributed by atoms with Gasteiger partial charge in [-0.2, -0.15) is 0 Å². The summed E-state index contributed by atoms with van der Waals surface area (Å²) in [5.41, 5.74) is 0. The molecule has 0 spiro atoms. The number of ether oxygens (including phenoxy) is 1. The molecule has 0 fully saturated rings. The van der Waals surface area contributed by atoms with Crippen LogP contribution < -0.4 is 5.32 Å². The average molecular weight is 1110 g/mol. The summed E-state index contributed by atoms with van der Waals surface area (Å²) in [6, 6.07) is -0.630. The number of nitrogens with one attached hydrogen (secondary N) is 1. The van der Waals surface area contributed by atoms with Gasteiger partial charge < -0.3 is 20.3 Å². The van der Waals surface area contributed by atoms with Crippen LogP contribution >= 0.6 is 0 Å². The topological polar surface area (TPSA) is 95.9 Å². The van der Waals surface area contributed by atoms with E-state index in [1.54, 1.807) is 6.08 Å². The Kier molecular flexibility index (Phi) is 66.9. The lowest BCUT2D eigenvalue weighted by atomic mass is 10.0. The number of hydrogen-bond donors (Lipinski definition) is 3. The third-order valence-electron chi connectivity index (χ3n) is 16.7. The van der Waals surface area contributed by atoms with Crippen molar-refractivity contribution in [2.45, 2.75) is 405 Å². The van der Waals surface area contributed by atoms with E-state index in [1.807, 2.05) is 6.08 Å². The Bertz CT molecular complexity index is 1280. The first-order chi connectivity index (χ1) is 39.0. The Morgan fingerprint density at radius 3 is 0.962 bits per heavy atom. The van der Waals surface area contributed by atoms with Gasteiger partial charge in [0.15, 0.2) is 0 Å². The standard InChI is InChI=1S/C73H139NO5/c1-3-5-7-9-11-13-15-16-17-18-19-20-30-33-36-39-42-46-49-53-57-61-65-71(76)70(69-75)74-72(77)66-62-58-54-50-47-43-40-37-34-31-28-26-24-22-21-23-25-27-29-32-35-38-41-44-48-52-56-60-64-68-79-73(78)67-63-59-55-51-45-14-12-10-8-6-4-2/h21,23,27,29,61,65,70-71,75-76H,3-20,22,24-26,28,30-60,62-64,66-69H2,1-2H3,(H,74,77)/b23-21-,29-27-,65-61+. The predicted molar refractivity (Wildman–Crippen MR) is 347 cm³/mol. The lowest BCUT2D eigenvalue weighted by Gasteiger charge is -2.20. The van der Waals surface area contributed by atoms with Crippen LogP contribution in [0.5, 0.6) is 0 Å². The van der Waals surface area contributed by atoms with Crippen LogP contribution in [0.15, 0.2) is 36.5 Å². The molecule has 0 bridgehead atoms. The molecule has 0 heterocycles. The maximum Gasteiger partial charge on any atom is 0.305 e. The van der Waals surface area contributed by atoms with Gasteiger partial charge in [0.1, 0.15) is 0 Å². The molecular formula is C73H139NO5. The van der Waals surface area contributed by atoms with E-state index in [1.165, 1.54) is 321 Å². The number of carbonyl (C=O) groups is 2. The predicted octanol–water partition coefficient (Wildman–Crippen LogP) is 23.1. The second kappa shape index (κ2) is 68.6. The molecule has 2 atom stereocenters. The summed E-state index contributed by atoms with van der Waals surface area (Å²) in [7, 11) is 0. The fourth-order valence-corrected chi connectivity index (χ4v) is 11.2. The Morgan fingerprint density at radius 2 is 0.633 bits per heavy atom. The van der Waals surface area contributed by atoms with Crippen molar-refractivity contribution >= 4 is 11.9 Å². The van der Waals surface area contributed by atoms with Gasteiger partial charge in [0, 0.05) is 12.8 Å². The van der Waals surface area contributed by atoms with E-state index in [-0.39, 0.29) is 18.5 Å². The third-order valence-corrected chi connectivity index (χ3v) is 16.7. The van der Waals surface area contributed by atoms with Crippen LogP contribution in [-0.4, -0.2) is 47.4 Å². The zero-order chi connectivity index (χ0) is 57.1. The van der Waals surface area contributed by atoms with Crippen LogP contribution in [0.1, 0.15) is 393 Å². The fourth-order valence-electron chi connectivity index (χ4n) is 11.2. The number of allylic oxidation sites excluding steroid dienone is 5. The summed E-state index contributed by atoms with van der Waals surface area (Å²) in [5.74, 6) is -0.0533. The number of esters is 1. The monoisotopic (exact) mass is 1110 g/mol. The van der Waals surface area contributed by atoms with Gasteiger partial charge in [0.2, 0.25) is 5.91 Å². The van der Waals surface area contributed by atoms with Crippen LogP contribution in [0.3, 0.4) is 0 Å². The lowest BCUT2D eigenvalue weighted by Crippen LogP contribution is -2.45. The number of unbranched alkanes of at least 4 members (excludes halogenated alkanes) is 52. The minimum atomic E-state index is -0.847. The SMILES string of the molecule is CCCCCCCCCCCCCCCCCCCCCC/C=C/C(O)C(CO)NC(=O)CCCCCCCCCCCCCCC/C=C\C/C=C\CCCCCCCCCCCOC(=O)CCCCCCCCCCCCC. The highest BCUT2D eigenvalue weighted by atomic mass is 16.5. The van der Waals surface area contributed by atoms with Gasteiger partial charge >= 0.3 is 5.97 Å². The average Bonchev–Trinajstić information content (AvgIpc) is 3.45. The highest BCUT2D eigenvalue weighted by molar-refractivity contribution is 5.76. The molecule has 0 saturated heterocycles.